The maximum absolute atomic E-state index is 14.0. The van der Waals surface area contributed by atoms with Crippen molar-refractivity contribution < 1.29 is 13.6 Å². The molecule has 0 aliphatic heterocycles. The van der Waals surface area contributed by atoms with E-state index < -0.39 is 23.1 Å². The summed E-state index contributed by atoms with van der Waals surface area (Å²) in [5.74, 6) is -2.51. The number of anilines is 1. The molecule has 0 saturated carbocycles. The normalized spacial score (nSPS) is 10.8. The van der Waals surface area contributed by atoms with Crippen LogP contribution in [0.15, 0.2) is 66.2 Å². The van der Waals surface area contributed by atoms with Gasteiger partial charge in [-0.3, -0.25) is 4.79 Å². The number of nitrogens with zero attached hydrogens (tertiary/aromatic N) is 3. The number of hydrogen-bond donors (Lipinski definition) is 0. The molecule has 1 heterocycles. The van der Waals surface area contributed by atoms with Gasteiger partial charge in [0.2, 0.25) is 0 Å². The molecule has 4 rings (SSSR count). The first-order valence-corrected chi connectivity index (χ1v) is 10.0. The largest absolute Gasteiger partial charge is 0.311 e. The van der Waals surface area contributed by atoms with Crippen LogP contribution < -0.4 is 4.90 Å². The lowest BCUT2D eigenvalue weighted by atomic mass is 9.98. The van der Waals surface area contributed by atoms with Gasteiger partial charge in [0.15, 0.2) is 0 Å². The van der Waals surface area contributed by atoms with Crippen LogP contribution in [0, 0.1) is 18.6 Å². The van der Waals surface area contributed by atoms with Gasteiger partial charge in [0, 0.05) is 18.3 Å². The third kappa shape index (κ3) is 3.71. The Balaban J connectivity index is 1.63. The van der Waals surface area contributed by atoms with Crippen LogP contribution in [-0.4, -0.2) is 23.2 Å². The highest BCUT2D eigenvalue weighted by molar-refractivity contribution is 7.12. The second-order valence-corrected chi connectivity index (χ2v) is 7.61. The molecule has 0 unspecified atom stereocenters. The van der Waals surface area contributed by atoms with Crippen LogP contribution in [-0.2, 0) is 0 Å². The molecule has 1 aromatic heterocycles. The van der Waals surface area contributed by atoms with Gasteiger partial charge in [0.25, 0.3) is 5.91 Å². The maximum Gasteiger partial charge on any atom is 0.263 e. The van der Waals surface area contributed by atoms with Gasteiger partial charge in [-0.1, -0.05) is 41.7 Å². The third-order valence-corrected chi connectivity index (χ3v) is 5.63. The molecule has 0 radical (unpaired) electrons. The smallest absolute Gasteiger partial charge is 0.263 e. The monoisotopic (exact) mass is 421 g/mol. The number of amides is 1. The summed E-state index contributed by atoms with van der Waals surface area (Å²) in [6.45, 7) is 2.02. The van der Waals surface area contributed by atoms with E-state index in [0.717, 1.165) is 39.4 Å². The molecule has 1 amide bonds. The Labute approximate surface area is 176 Å². The molecule has 4 aromatic rings. The van der Waals surface area contributed by atoms with Crippen molar-refractivity contribution in [3.8, 4) is 21.7 Å². The molecule has 0 atom stereocenters. The maximum atomic E-state index is 14.0. The lowest BCUT2D eigenvalue weighted by molar-refractivity contribution is 0.0985. The Kier molecular flexibility index (Phi) is 5.37. The fraction of sp³-hybridized carbons (Fsp3) is 0.0870. The fourth-order valence-corrected chi connectivity index (χ4v) is 3.77. The van der Waals surface area contributed by atoms with Crippen molar-refractivity contribution in [1.82, 2.24) is 10.2 Å². The van der Waals surface area contributed by atoms with Crippen molar-refractivity contribution in [2.75, 3.05) is 11.9 Å². The van der Waals surface area contributed by atoms with E-state index in [1.165, 1.54) is 29.4 Å². The van der Waals surface area contributed by atoms with Crippen LogP contribution in [0.1, 0.15) is 15.9 Å². The molecule has 0 saturated heterocycles. The number of halogens is 2. The summed E-state index contributed by atoms with van der Waals surface area (Å²) in [5, 5.41) is 8.84. The Morgan fingerprint density at radius 1 is 0.967 bits per heavy atom. The second kappa shape index (κ2) is 8.12. The third-order valence-electron chi connectivity index (χ3n) is 4.89. The first-order valence-electron chi connectivity index (χ1n) is 9.15. The summed E-state index contributed by atoms with van der Waals surface area (Å²) in [6, 6.07) is 16.7. The minimum atomic E-state index is -0.882. The van der Waals surface area contributed by atoms with Gasteiger partial charge in [-0.15, -0.1) is 10.2 Å². The summed E-state index contributed by atoms with van der Waals surface area (Å²) in [7, 11) is 1.49. The lowest BCUT2D eigenvalue weighted by Gasteiger charge is -2.19. The number of hydrogen-bond acceptors (Lipinski definition) is 4. The van der Waals surface area contributed by atoms with E-state index in [1.54, 1.807) is 17.6 Å². The van der Waals surface area contributed by atoms with Crippen molar-refractivity contribution in [1.29, 1.82) is 0 Å². The van der Waals surface area contributed by atoms with Gasteiger partial charge in [0.05, 0.1) is 0 Å². The van der Waals surface area contributed by atoms with Gasteiger partial charge in [-0.2, -0.15) is 0 Å². The van der Waals surface area contributed by atoms with Crippen LogP contribution in [0.5, 0.6) is 0 Å². The van der Waals surface area contributed by atoms with E-state index in [2.05, 4.69) is 16.3 Å². The molecule has 0 fully saturated rings. The lowest BCUT2D eigenvalue weighted by Crippen LogP contribution is -2.28. The molecule has 30 heavy (non-hydrogen) atoms. The molecular formula is C23H17F2N3OS. The number of rotatable bonds is 4. The summed E-state index contributed by atoms with van der Waals surface area (Å²) >= 11 is 1.47. The molecule has 4 nitrogen and oxygen atoms in total. The molecular weight excluding hydrogens is 404 g/mol. The topological polar surface area (TPSA) is 46.1 Å². The Morgan fingerprint density at radius 3 is 2.27 bits per heavy atom. The van der Waals surface area contributed by atoms with Crippen molar-refractivity contribution in [3.05, 3.63) is 88.9 Å². The highest BCUT2D eigenvalue weighted by Crippen LogP contribution is 2.31. The summed E-state index contributed by atoms with van der Waals surface area (Å²) < 4.78 is 27.9. The SMILES string of the molecule is Cc1ccc(-c2nncs2)cc1-c1ccc(N(C)C(=O)c2c(F)cccc2F)cc1. The number of carbonyl (C=O) groups is 1. The first-order chi connectivity index (χ1) is 14.5. The van der Waals surface area contributed by atoms with E-state index >= 15 is 0 Å². The van der Waals surface area contributed by atoms with Crippen molar-refractivity contribution in [2.45, 2.75) is 6.92 Å². The Morgan fingerprint density at radius 2 is 1.63 bits per heavy atom. The highest BCUT2D eigenvalue weighted by Gasteiger charge is 2.21. The average molecular weight is 421 g/mol. The van der Waals surface area contributed by atoms with Gasteiger partial charge in [0.1, 0.15) is 27.7 Å². The average Bonchev–Trinajstić information content (AvgIpc) is 3.28. The van der Waals surface area contributed by atoms with Gasteiger partial charge in [-0.25, -0.2) is 8.78 Å². The minimum Gasteiger partial charge on any atom is -0.311 e. The van der Waals surface area contributed by atoms with Crippen molar-refractivity contribution in [3.63, 3.8) is 0 Å². The molecule has 0 N–H and O–H groups in total. The zero-order chi connectivity index (χ0) is 21.3. The molecule has 3 aromatic carbocycles. The highest BCUT2D eigenvalue weighted by atomic mass is 32.1. The molecule has 0 spiro atoms. The predicted octanol–water partition coefficient (Wildman–Crippen LogP) is 5.74. The minimum absolute atomic E-state index is 0.532. The summed E-state index contributed by atoms with van der Waals surface area (Å²) in [5.41, 5.74) is 5.71. The van der Waals surface area contributed by atoms with Gasteiger partial charge < -0.3 is 4.90 Å². The molecule has 0 bridgehead atoms. The second-order valence-electron chi connectivity index (χ2n) is 6.78. The van der Waals surface area contributed by atoms with E-state index in [-0.39, 0.29) is 0 Å². The van der Waals surface area contributed by atoms with E-state index in [1.807, 2.05) is 31.2 Å². The van der Waals surface area contributed by atoms with Crippen molar-refractivity contribution >= 4 is 22.9 Å². The predicted molar refractivity (Wildman–Crippen MR) is 115 cm³/mol. The van der Waals surface area contributed by atoms with Gasteiger partial charge in [-0.05, 0) is 53.9 Å². The molecule has 7 heteroatoms. The van der Waals surface area contributed by atoms with Crippen LogP contribution in [0.25, 0.3) is 21.7 Å². The Hall–Kier alpha value is -3.45. The number of aryl methyl sites for hydroxylation is 1. The Bertz CT molecular complexity index is 1190. The summed E-state index contributed by atoms with van der Waals surface area (Å²) in [6.07, 6.45) is 0. The van der Waals surface area contributed by atoms with Gasteiger partial charge >= 0.3 is 0 Å². The number of aromatic nitrogens is 2. The van der Waals surface area contributed by atoms with Crippen molar-refractivity contribution in [2.24, 2.45) is 0 Å². The quantitative estimate of drug-likeness (QED) is 0.422. The zero-order valence-corrected chi connectivity index (χ0v) is 17.1. The zero-order valence-electron chi connectivity index (χ0n) is 16.3. The first kappa shape index (κ1) is 19.8. The fourth-order valence-electron chi connectivity index (χ4n) is 3.22. The van der Waals surface area contributed by atoms with Crippen LogP contribution in [0.3, 0.4) is 0 Å². The van der Waals surface area contributed by atoms with E-state index in [0.29, 0.717) is 5.69 Å². The molecule has 150 valence electrons. The number of carbonyl (C=O) groups excluding carboxylic acids is 1. The number of benzene rings is 3. The van der Waals surface area contributed by atoms with Crippen LogP contribution in [0.4, 0.5) is 14.5 Å². The van der Waals surface area contributed by atoms with E-state index in [9.17, 15) is 13.6 Å². The molecule has 0 aliphatic rings. The standard InChI is InChI=1S/C23H17F2N3OS/c1-14-6-7-16(22-27-26-13-30-22)12-18(14)15-8-10-17(11-9-15)28(2)23(29)21-19(24)4-3-5-20(21)25/h3-13H,1-2H3. The summed E-state index contributed by atoms with van der Waals surface area (Å²) in [4.78, 5) is 13.8. The van der Waals surface area contributed by atoms with E-state index in [4.69, 9.17) is 0 Å². The van der Waals surface area contributed by atoms with Crippen LogP contribution >= 0.6 is 11.3 Å². The molecule has 0 aliphatic carbocycles. The van der Waals surface area contributed by atoms with Crippen LogP contribution in [0.2, 0.25) is 0 Å².